The zero-order chi connectivity index (χ0) is 20.2. The standard InChI is InChI=1S/C20H22FN5O3/c21-15-1-3-17(4-2-15)26-13-14(11-18(26)27)19(28)23-12-16-5-6-22-20(24-16)25-7-9-29-10-8-25/h1-6,14H,7-13H2,(H,23,28). The number of aromatic nitrogens is 2. The average molecular weight is 399 g/mol. The van der Waals surface area contributed by atoms with Crippen LogP contribution in [0.5, 0.6) is 0 Å². The molecule has 2 aliphatic heterocycles. The molecule has 8 nitrogen and oxygen atoms in total. The van der Waals surface area contributed by atoms with Crippen LogP contribution in [0.15, 0.2) is 36.5 Å². The summed E-state index contributed by atoms with van der Waals surface area (Å²) < 4.78 is 18.4. The maximum absolute atomic E-state index is 13.1. The summed E-state index contributed by atoms with van der Waals surface area (Å²) in [5.41, 5.74) is 1.30. The maximum Gasteiger partial charge on any atom is 0.227 e. The zero-order valence-corrected chi connectivity index (χ0v) is 15.9. The molecular formula is C20H22FN5O3. The first kappa shape index (κ1) is 19.3. The number of nitrogens with zero attached hydrogens (tertiary/aromatic N) is 4. The Morgan fingerprint density at radius 3 is 2.72 bits per heavy atom. The monoisotopic (exact) mass is 399 g/mol. The second-order valence-electron chi connectivity index (χ2n) is 7.05. The van der Waals surface area contributed by atoms with Gasteiger partial charge in [-0.3, -0.25) is 9.59 Å². The molecule has 29 heavy (non-hydrogen) atoms. The minimum atomic E-state index is -0.451. The van der Waals surface area contributed by atoms with Crippen LogP contribution in [0.25, 0.3) is 0 Å². The second-order valence-corrected chi connectivity index (χ2v) is 7.05. The Labute approximate surface area is 167 Å². The number of halogens is 1. The summed E-state index contributed by atoms with van der Waals surface area (Å²) in [5, 5.41) is 2.86. The van der Waals surface area contributed by atoms with E-state index in [0.717, 1.165) is 13.1 Å². The van der Waals surface area contributed by atoms with Crippen molar-refractivity contribution < 1.29 is 18.7 Å². The lowest BCUT2D eigenvalue weighted by atomic mass is 10.1. The van der Waals surface area contributed by atoms with Crippen molar-refractivity contribution in [3.8, 4) is 0 Å². The van der Waals surface area contributed by atoms with Crippen molar-refractivity contribution in [1.29, 1.82) is 0 Å². The molecule has 0 bridgehead atoms. The van der Waals surface area contributed by atoms with Crippen LogP contribution >= 0.6 is 0 Å². The highest BCUT2D eigenvalue weighted by atomic mass is 19.1. The molecule has 9 heteroatoms. The van der Waals surface area contributed by atoms with Crippen LogP contribution in [-0.2, 0) is 20.9 Å². The Bertz CT molecular complexity index is 886. The molecule has 4 rings (SSSR count). The topological polar surface area (TPSA) is 87.7 Å². The molecule has 1 atom stereocenters. The van der Waals surface area contributed by atoms with E-state index >= 15 is 0 Å². The Hall–Kier alpha value is -3.07. The molecule has 1 aromatic heterocycles. The Kier molecular flexibility index (Phi) is 5.66. The van der Waals surface area contributed by atoms with Crippen LogP contribution in [0.2, 0.25) is 0 Å². The third-order valence-electron chi connectivity index (χ3n) is 5.07. The van der Waals surface area contributed by atoms with E-state index in [0.29, 0.717) is 30.5 Å². The van der Waals surface area contributed by atoms with Gasteiger partial charge in [-0.1, -0.05) is 0 Å². The third kappa shape index (κ3) is 4.51. The second kappa shape index (κ2) is 8.52. The van der Waals surface area contributed by atoms with E-state index in [4.69, 9.17) is 4.74 Å². The molecule has 2 fully saturated rings. The van der Waals surface area contributed by atoms with Gasteiger partial charge in [0.25, 0.3) is 0 Å². The van der Waals surface area contributed by atoms with E-state index in [2.05, 4.69) is 15.3 Å². The fourth-order valence-corrected chi connectivity index (χ4v) is 3.47. The van der Waals surface area contributed by atoms with E-state index in [1.807, 2.05) is 4.90 Å². The highest BCUT2D eigenvalue weighted by molar-refractivity contribution is 6.00. The maximum atomic E-state index is 13.1. The number of benzene rings is 1. The SMILES string of the molecule is O=C(NCc1ccnc(N2CCOCC2)n1)C1CC(=O)N(c2ccc(F)cc2)C1. The van der Waals surface area contributed by atoms with Crippen LogP contribution in [0, 0.1) is 11.7 Å². The van der Waals surface area contributed by atoms with Gasteiger partial charge in [-0.05, 0) is 30.3 Å². The Morgan fingerprint density at radius 1 is 1.21 bits per heavy atom. The molecule has 152 valence electrons. The number of hydrogen-bond donors (Lipinski definition) is 1. The van der Waals surface area contributed by atoms with E-state index in [1.165, 1.54) is 17.0 Å². The number of carbonyl (C=O) groups is 2. The number of carbonyl (C=O) groups excluding carboxylic acids is 2. The lowest BCUT2D eigenvalue weighted by Gasteiger charge is -2.26. The lowest BCUT2D eigenvalue weighted by molar-refractivity contribution is -0.126. The summed E-state index contributed by atoms with van der Waals surface area (Å²) in [6.07, 6.45) is 1.81. The normalized spacial score (nSPS) is 19.5. The van der Waals surface area contributed by atoms with Gasteiger partial charge in [0.1, 0.15) is 5.82 Å². The predicted molar refractivity (Wildman–Crippen MR) is 104 cm³/mol. The van der Waals surface area contributed by atoms with Crippen LogP contribution in [0.4, 0.5) is 16.0 Å². The Balaban J connectivity index is 1.34. The number of rotatable bonds is 5. The third-order valence-corrected chi connectivity index (χ3v) is 5.07. The van der Waals surface area contributed by atoms with Crippen LogP contribution < -0.4 is 15.1 Å². The summed E-state index contributed by atoms with van der Waals surface area (Å²) in [5.74, 6) is -0.537. The fourth-order valence-electron chi connectivity index (χ4n) is 3.47. The number of amides is 2. The molecule has 0 spiro atoms. The van der Waals surface area contributed by atoms with Crippen molar-refractivity contribution in [3.05, 3.63) is 48.0 Å². The minimum absolute atomic E-state index is 0.131. The number of morpholine rings is 1. The Morgan fingerprint density at radius 2 is 1.97 bits per heavy atom. The van der Waals surface area contributed by atoms with E-state index in [1.54, 1.807) is 24.4 Å². The highest BCUT2D eigenvalue weighted by Gasteiger charge is 2.35. The van der Waals surface area contributed by atoms with Gasteiger partial charge in [-0.15, -0.1) is 0 Å². The van der Waals surface area contributed by atoms with E-state index in [9.17, 15) is 14.0 Å². The van der Waals surface area contributed by atoms with Gasteiger partial charge in [-0.25, -0.2) is 14.4 Å². The van der Waals surface area contributed by atoms with Crippen molar-refractivity contribution in [2.45, 2.75) is 13.0 Å². The molecule has 1 aromatic carbocycles. The number of anilines is 2. The molecule has 0 radical (unpaired) electrons. The molecular weight excluding hydrogens is 377 g/mol. The van der Waals surface area contributed by atoms with E-state index in [-0.39, 0.29) is 37.1 Å². The number of hydrogen-bond acceptors (Lipinski definition) is 6. The first-order valence-corrected chi connectivity index (χ1v) is 9.58. The molecule has 2 aromatic rings. The summed E-state index contributed by atoms with van der Waals surface area (Å²) in [6, 6.07) is 7.45. The van der Waals surface area contributed by atoms with Crippen molar-refractivity contribution in [2.24, 2.45) is 5.92 Å². The van der Waals surface area contributed by atoms with Crippen molar-refractivity contribution in [1.82, 2.24) is 15.3 Å². The van der Waals surface area contributed by atoms with Gasteiger partial charge in [0, 0.05) is 37.9 Å². The van der Waals surface area contributed by atoms with Gasteiger partial charge in [0.2, 0.25) is 17.8 Å². The molecule has 2 amide bonds. The molecule has 1 N–H and O–H groups in total. The summed E-state index contributed by atoms with van der Waals surface area (Å²) in [4.78, 5) is 37.2. The summed E-state index contributed by atoms with van der Waals surface area (Å²) in [7, 11) is 0. The highest BCUT2D eigenvalue weighted by Crippen LogP contribution is 2.25. The predicted octanol–water partition coefficient (Wildman–Crippen LogP) is 1.12. The quantitative estimate of drug-likeness (QED) is 0.811. The first-order chi connectivity index (χ1) is 14.1. The average Bonchev–Trinajstić information content (AvgIpc) is 3.15. The number of nitrogens with one attached hydrogen (secondary N) is 1. The van der Waals surface area contributed by atoms with Gasteiger partial charge < -0.3 is 19.9 Å². The summed E-state index contributed by atoms with van der Waals surface area (Å²) in [6.45, 7) is 3.30. The largest absolute Gasteiger partial charge is 0.378 e. The minimum Gasteiger partial charge on any atom is -0.378 e. The smallest absolute Gasteiger partial charge is 0.227 e. The molecule has 3 heterocycles. The van der Waals surface area contributed by atoms with Crippen LogP contribution in [0.1, 0.15) is 12.1 Å². The van der Waals surface area contributed by atoms with Crippen molar-refractivity contribution in [3.63, 3.8) is 0 Å². The fraction of sp³-hybridized carbons (Fsp3) is 0.400. The molecule has 0 aliphatic carbocycles. The van der Waals surface area contributed by atoms with Gasteiger partial charge >= 0.3 is 0 Å². The van der Waals surface area contributed by atoms with Gasteiger partial charge in [0.05, 0.1) is 31.4 Å². The molecule has 1 unspecified atom stereocenters. The van der Waals surface area contributed by atoms with E-state index < -0.39 is 5.92 Å². The van der Waals surface area contributed by atoms with Crippen molar-refractivity contribution in [2.75, 3.05) is 42.6 Å². The molecule has 2 aliphatic rings. The lowest BCUT2D eigenvalue weighted by Crippen LogP contribution is -2.37. The molecule has 0 saturated carbocycles. The summed E-state index contributed by atoms with van der Waals surface area (Å²) >= 11 is 0. The van der Waals surface area contributed by atoms with Crippen molar-refractivity contribution >= 4 is 23.5 Å². The number of ether oxygens (including phenoxy) is 1. The van der Waals surface area contributed by atoms with Crippen LogP contribution in [-0.4, -0.2) is 54.6 Å². The zero-order valence-electron chi connectivity index (χ0n) is 15.9. The first-order valence-electron chi connectivity index (χ1n) is 9.58. The van der Waals surface area contributed by atoms with Gasteiger partial charge in [-0.2, -0.15) is 0 Å². The van der Waals surface area contributed by atoms with Gasteiger partial charge in [0.15, 0.2) is 0 Å². The molecule has 2 saturated heterocycles. The van der Waals surface area contributed by atoms with Crippen LogP contribution in [0.3, 0.4) is 0 Å².